The highest BCUT2D eigenvalue weighted by Gasteiger charge is 2.19. The molecule has 7 heteroatoms. The zero-order valence-electron chi connectivity index (χ0n) is 16.6. The van der Waals surface area contributed by atoms with E-state index < -0.39 is 0 Å². The molecule has 3 aromatic rings. The fraction of sp³-hybridized carbons (Fsp3) is 0.273. The highest BCUT2D eigenvalue weighted by Crippen LogP contribution is 2.19. The van der Waals surface area contributed by atoms with Crippen LogP contribution >= 0.6 is 0 Å². The van der Waals surface area contributed by atoms with Crippen molar-refractivity contribution in [1.82, 2.24) is 9.36 Å². The Balaban J connectivity index is 1.56. The Morgan fingerprint density at radius 1 is 0.966 bits per heavy atom. The number of ether oxygens (including phenoxy) is 1. The Morgan fingerprint density at radius 3 is 2.28 bits per heavy atom. The number of carbonyl (C=O) groups is 1. The number of nitrogens with one attached hydrogen (secondary N) is 1. The number of morpholine rings is 1. The van der Waals surface area contributed by atoms with Crippen molar-refractivity contribution in [2.75, 3.05) is 36.5 Å². The molecule has 1 aliphatic heterocycles. The molecular weight excluding hydrogens is 368 g/mol. The number of amides is 1. The molecule has 1 amide bonds. The number of hydrogen-bond donors (Lipinski definition) is 1. The van der Waals surface area contributed by atoms with Gasteiger partial charge in [0.1, 0.15) is 5.69 Å². The summed E-state index contributed by atoms with van der Waals surface area (Å²) in [6.45, 7) is 4.92. The Bertz CT molecular complexity index is 1060. The number of rotatable bonds is 4. The maximum atomic E-state index is 12.9. The zero-order chi connectivity index (χ0) is 20.4. The fourth-order valence-electron chi connectivity index (χ4n) is 3.54. The lowest BCUT2D eigenvalue weighted by atomic mass is 10.1. The molecule has 0 radical (unpaired) electrons. The molecule has 4 rings (SSSR count). The average Bonchev–Trinajstić information content (AvgIpc) is 2.98. The summed E-state index contributed by atoms with van der Waals surface area (Å²) in [4.78, 5) is 27.9. The largest absolute Gasteiger partial charge is 0.378 e. The first-order valence-electron chi connectivity index (χ1n) is 9.64. The van der Waals surface area contributed by atoms with Gasteiger partial charge in [-0.3, -0.25) is 14.3 Å². The predicted octanol–water partition coefficient (Wildman–Crippen LogP) is 2.57. The second-order valence-corrected chi connectivity index (χ2v) is 7.04. The van der Waals surface area contributed by atoms with Gasteiger partial charge in [-0.2, -0.15) is 0 Å². The molecule has 1 N–H and O–H groups in total. The summed E-state index contributed by atoms with van der Waals surface area (Å²) in [7, 11) is 1.80. The van der Waals surface area contributed by atoms with Gasteiger partial charge in [0.25, 0.3) is 11.5 Å². The molecule has 7 nitrogen and oxygen atoms in total. The molecule has 0 saturated carbocycles. The minimum atomic E-state index is -0.301. The third-order valence-electron chi connectivity index (χ3n) is 5.30. The predicted molar refractivity (Wildman–Crippen MR) is 113 cm³/mol. The maximum Gasteiger partial charge on any atom is 0.295 e. The van der Waals surface area contributed by atoms with E-state index in [4.69, 9.17) is 4.74 Å². The first kappa shape index (κ1) is 19.0. The summed E-state index contributed by atoms with van der Waals surface area (Å²) in [5.74, 6) is -0.301. The van der Waals surface area contributed by atoms with Crippen molar-refractivity contribution < 1.29 is 9.53 Å². The van der Waals surface area contributed by atoms with Crippen LogP contribution in [0.5, 0.6) is 0 Å². The molecule has 1 aliphatic rings. The lowest BCUT2D eigenvalue weighted by Gasteiger charge is -2.28. The van der Waals surface area contributed by atoms with Crippen molar-refractivity contribution in [3.63, 3.8) is 0 Å². The van der Waals surface area contributed by atoms with Crippen LogP contribution in [0.25, 0.3) is 5.69 Å². The standard InChI is InChI=1S/C22H24N4O3/c1-16-20(22(28)26(24(16)2)19-6-4-3-5-7-19)23-21(27)17-8-10-18(11-9-17)25-12-14-29-15-13-25/h3-11H,12-15H2,1-2H3,(H,23,27). The van der Waals surface area contributed by atoms with E-state index in [1.807, 2.05) is 49.4 Å². The van der Waals surface area contributed by atoms with E-state index in [2.05, 4.69) is 10.2 Å². The molecule has 0 atom stereocenters. The molecule has 29 heavy (non-hydrogen) atoms. The third kappa shape index (κ3) is 3.69. The summed E-state index contributed by atoms with van der Waals surface area (Å²) in [6.07, 6.45) is 0. The van der Waals surface area contributed by atoms with Crippen molar-refractivity contribution in [1.29, 1.82) is 0 Å². The molecule has 1 saturated heterocycles. The summed E-state index contributed by atoms with van der Waals surface area (Å²) in [6, 6.07) is 16.8. The number of anilines is 2. The van der Waals surface area contributed by atoms with Gasteiger partial charge in [0.15, 0.2) is 0 Å². The van der Waals surface area contributed by atoms with E-state index >= 15 is 0 Å². The summed E-state index contributed by atoms with van der Waals surface area (Å²) in [5, 5.41) is 2.80. The molecule has 1 aromatic heterocycles. The van der Waals surface area contributed by atoms with Crippen molar-refractivity contribution >= 4 is 17.3 Å². The van der Waals surface area contributed by atoms with Gasteiger partial charge in [-0.1, -0.05) is 18.2 Å². The third-order valence-corrected chi connectivity index (χ3v) is 5.30. The molecule has 0 spiro atoms. The van der Waals surface area contributed by atoms with Gasteiger partial charge in [0, 0.05) is 31.4 Å². The van der Waals surface area contributed by atoms with E-state index in [-0.39, 0.29) is 11.5 Å². The highest BCUT2D eigenvalue weighted by atomic mass is 16.5. The highest BCUT2D eigenvalue weighted by molar-refractivity contribution is 6.04. The summed E-state index contributed by atoms with van der Waals surface area (Å²) in [5.41, 5.74) is 3.05. The Morgan fingerprint density at radius 2 is 1.62 bits per heavy atom. The number of benzene rings is 2. The Hall–Kier alpha value is -3.32. The number of aromatic nitrogens is 2. The van der Waals surface area contributed by atoms with E-state index in [1.165, 1.54) is 0 Å². The number of hydrogen-bond acceptors (Lipinski definition) is 4. The number of carbonyl (C=O) groups excluding carboxylic acids is 1. The zero-order valence-corrected chi connectivity index (χ0v) is 16.6. The minimum absolute atomic E-state index is 0.255. The van der Waals surface area contributed by atoms with E-state index in [1.54, 1.807) is 28.5 Å². The molecule has 0 unspecified atom stereocenters. The lowest BCUT2D eigenvalue weighted by Crippen LogP contribution is -2.36. The van der Waals surface area contributed by atoms with Crippen molar-refractivity contribution in [3.05, 3.63) is 76.2 Å². The monoisotopic (exact) mass is 392 g/mol. The summed E-state index contributed by atoms with van der Waals surface area (Å²) >= 11 is 0. The molecule has 0 bridgehead atoms. The van der Waals surface area contributed by atoms with Gasteiger partial charge in [0.05, 0.1) is 24.6 Å². The number of nitrogens with zero attached hydrogens (tertiary/aromatic N) is 3. The van der Waals surface area contributed by atoms with Gasteiger partial charge in [-0.25, -0.2) is 4.68 Å². The van der Waals surface area contributed by atoms with Gasteiger partial charge in [-0.05, 0) is 43.3 Å². The van der Waals surface area contributed by atoms with Crippen LogP contribution in [-0.4, -0.2) is 41.6 Å². The van der Waals surface area contributed by atoms with Crippen LogP contribution in [-0.2, 0) is 11.8 Å². The number of para-hydroxylation sites is 1. The van der Waals surface area contributed by atoms with Crippen LogP contribution in [0, 0.1) is 6.92 Å². The topological polar surface area (TPSA) is 68.5 Å². The normalized spacial score (nSPS) is 14.1. The average molecular weight is 392 g/mol. The van der Waals surface area contributed by atoms with Crippen LogP contribution < -0.4 is 15.8 Å². The molecule has 150 valence electrons. The van der Waals surface area contributed by atoms with Gasteiger partial charge in [-0.15, -0.1) is 0 Å². The molecular formula is C22H24N4O3. The van der Waals surface area contributed by atoms with Crippen molar-refractivity contribution in [3.8, 4) is 5.69 Å². The van der Waals surface area contributed by atoms with Crippen LogP contribution in [0.2, 0.25) is 0 Å². The first-order chi connectivity index (χ1) is 14.1. The molecule has 2 heterocycles. The summed E-state index contributed by atoms with van der Waals surface area (Å²) < 4.78 is 8.67. The smallest absolute Gasteiger partial charge is 0.295 e. The minimum Gasteiger partial charge on any atom is -0.378 e. The Kier molecular flexibility index (Phi) is 5.22. The molecule has 1 fully saturated rings. The van der Waals surface area contributed by atoms with Crippen LogP contribution in [0.1, 0.15) is 16.1 Å². The maximum absolute atomic E-state index is 12.9. The van der Waals surface area contributed by atoms with Gasteiger partial charge in [0.2, 0.25) is 0 Å². The van der Waals surface area contributed by atoms with Crippen LogP contribution in [0.4, 0.5) is 11.4 Å². The van der Waals surface area contributed by atoms with Gasteiger partial charge < -0.3 is 15.0 Å². The van der Waals surface area contributed by atoms with Crippen molar-refractivity contribution in [2.45, 2.75) is 6.92 Å². The first-order valence-corrected chi connectivity index (χ1v) is 9.64. The fourth-order valence-corrected chi connectivity index (χ4v) is 3.54. The van der Waals surface area contributed by atoms with Crippen LogP contribution in [0.15, 0.2) is 59.4 Å². The second kappa shape index (κ2) is 7.97. The SMILES string of the molecule is Cc1c(NC(=O)c2ccc(N3CCOCC3)cc2)c(=O)n(-c2ccccc2)n1C. The molecule has 0 aliphatic carbocycles. The Labute approximate surface area is 169 Å². The molecule has 2 aromatic carbocycles. The van der Waals surface area contributed by atoms with E-state index in [0.717, 1.165) is 24.5 Å². The van der Waals surface area contributed by atoms with E-state index in [9.17, 15) is 9.59 Å². The van der Waals surface area contributed by atoms with E-state index in [0.29, 0.717) is 30.2 Å². The second-order valence-electron chi connectivity index (χ2n) is 7.04. The quantitative estimate of drug-likeness (QED) is 0.741. The lowest BCUT2D eigenvalue weighted by molar-refractivity contribution is 0.102. The van der Waals surface area contributed by atoms with Gasteiger partial charge >= 0.3 is 0 Å². The van der Waals surface area contributed by atoms with Crippen molar-refractivity contribution in [2.24, 2.45) is 7.05 Å². The van der Waals surface area contributed by atoms with Crippen LogP contribution in [0.3, 0.4) is 0 Å².